The molecule has 0 bridgehead atoms. The molecule has 1 fully saturated rings. The van der Waals surface area contributed by atoms with Crippen molar-refractivity contribution in [2.45, 2.75) is 45.6 Å². The van der Waals surface area contributed by atoms with Gasteiger partial charge in [-0.1, -0.05) is 19.0 Å². The molecular formula is C11H21N3O. The molecule has 0 spiro atoms. The lowest BCUT2D eigenvalue weighted by atomic mass is 9.75. The summed E-state index contributed by atoms with van der Waals surface area (Å²) in [5.74, 6) is 1.95. The molecule has 1 aliphatic rings. The maximum Gasteiger partial charge on any atom is 0.0633 e. The Morgan fingerprint density at radius 1 is 1.27 bits per heavy atom. The highest BCUT2D eigenvalue weighted by Crippen LogP contribution is 2.35. The van der Waals surface area contributed by atoms with Crippen molar-refractivity contribution in [3.05, 3.63) is 10.4 Å². The first-order chi connectivity index (χ1) is 7.19. The molecule has 86 valence electrons. The fraction of sp³-hybridized carbons (Fsp3) is 1.00. The number of aliphatic hydroxyl groups excluding tert-OH is 1. The number of nitrogens with zero attached hydrogens (tertiary/aromatic N) is 3. The molecule has 1 unspecified atom stereocenters. The molecule has 0 aromatic heterocycles. The van der Waals surface area contributed by atoms with Crippen LogP contribution in [0.25, 0.3) is 10.4 Å². The maximum atomic E-state index is 9.12. The Labute approximate surface area is 91.3 Å². The van der Waals surface area contributed by atoms with E-state index in [1.165, 1.54) is 12.8 Å². The highest BCUT2D eigenvalue weighted by molar-refractivity contribution is 4.82. The van der Waals surface area contributed by atoms with Crippen LogP contribution < -0.4 is 0 Å². The van der Waals surface area contributed by atoms with E-state index >= 15 is 0 Å². The quantitative estimate of drug-likeness (QED) is 0.433. The van der Waals surface area contributed by atoms with Crippen LogP contribution in [-0.2, 0) is 0 Å². The fourth-order valence-electron chi connectivity index (χ4n) is 2.54. The molecule has 0 saturated heterocycles. The SMILES string of the molecule is CC(C)C1CCC(C(CO)N=[N+]=[N-])CC1. The van der Waals surface area contributed by atoms with Gasteiger partial charge in [-0.25, -0.2) is 0 Å². The number of rotatable bonds is 4. The molecule has 0 aromatic rings. The lowest BCUT2D eigenvalue weighted by Crippen LogP contribution is -2.28. The summed E-state index contributed by atoms with van der Waals surface area (Å²) in [4.78, 5) is 2.80. The number of aliphatic hydroxyl groups is 1. The molecule has 1 atom stereocenters. The summed E-state index contributed by atoms with van der Waals surface area (Å²) in [5.41, 5.74) is 8.39. The second-order valence-electron chi connectivity index (χ2n) is 4.87. The van der Waals surface area contributed by atoms with Crippen LogP contribution in [0.4, 0.5) is 0 Å². The van der Waals surface area contributed by atoms with Crippen molar-refractivity contribution >= 4 is 0 Å². The smallest absolute Gasteiger partial charge is 0.0633 e. The second kappa shape index (κ2) is 5.99. The van der Waals surface area contributed by atoms with Crippen LogP contribution in [0.3, 0.4) is 0 Å². The molecule has 0 aliphatic heterocycles. The van der Waals surface area contributed by atoms with Gasteiger partial charge in [-0.2, -0.15) is 0 Å². The summed E-state index contributed by atoms with van der Waals surface area (Å²) in [5, 5.41) is 12.8. The summed E-state index contributed by atoms with van der Waals surface area (Å²) in [6.45, 7) is 4.52. The highest BCUT2D eigenvalue weighted by atomic mass is 16.3. The van der Waals surface area contributed by atoms with E-state index in [0.29, 0.717) is 5.92 Å². The molecule has 1 aliphatic carbocycles. The van der Waals surface area contributed by atoms with E-state index in [1.807, 2.05) is 0 Å². The van der Waals surface area contributed by atoms with Crippen LogP contribution in [0.15, 0.2) is 5.11 Å². The van der Waals surface area contributed by atoms with Crippen molar-refractivity contribution < 1.29 is 5.11 Å². The Morgan fingerprint density at radius 3 is 2.20 bits per heavy atom. The van der Waals surface area contributed by atoms with E-state index < -0.39 is 0 Å². The molecule has 0 amide bonds. The average molecular weight is 211 g/mol. The average Bonchev–Trinajstić information content (AvgIpc) is 2.26. The Balaban J connectivity index is 2.45. The van der Waals surface area contributed by atoms with Gasteiger partial charge in [0.1, 0.15) is 0 Å². The Morgan fingerprint density at radius 2 is 1.80 bits per heavy atom. The van der Waals surface area contributed by atoms with Crippen LogP contribution in [-0.4, -0.2) is 17.8 Å². The van der Waals surface area contributed by atoms with E-state index in [-0.39, 0.29) is 12.6 Å². The van der Waals surface area contributed by atoms with E-state index in [4.69, 9.17) is 10.6 Å². The Hall–Kier alpha value is -0.730. The fourth-order valence-corrected chi connectivity index (χ4v) is 2.54. The summed E-state index contributed by atoms with van der Waals surface area (Å²) in [6.07, 6.45) is 4.60. The zero-order valence-electron chi connectivity index (χ0n) is 9.63. The summed E-state index contributed by atoms with van der Waals surface area (Å²) in [6, 6.07) is -0.205. The lowest BCUT2D eigenvalue weighted by molar-refractivity contribution is 0.161. The summed E-state index contributed by atoms with van der Waals surface area (Å²) in [7, 11) is 0. The topological polar surface area (TPSA) is 69.0 Å². The van der Waals surface area contributed by atoms with Crippen molar-refractivity contribution in [1.82, 2.24) is 0 Å². The maximum absolute atomic E-state index is 9.12. The molecule has 0 heterocycles. The van der Waals surface area contributed by atoms with Gasteiger partial charge in [0.05, 0.1) is 12.6 Å². The Kier molecular flexibility index (Phi) is 4.92. The first-order valence-electron chi connectivity index (χ1n) is 5.84. The van der Waals surface area contributed by atoms with Gasteiger partial charge < -0.3 is 5.11 Å². The first-order valence-corrected chi connectivity index (χ1v) is 5.84. The standard InChI is InChI=1S/C11H21N3O/c1-8(2)9-3-5-10(6-4-9)11(7-15)13-14-12/h8-11,15H,3-7H2,1-2H3. The zero-order valence-corrected chi connectivity index (χ0v) is 9.63. The van der Waals surface area contributed by atoms with Crippen LogP contribution in [0, 0.1) is 17.8 Å². The molecule has 0 radical (unpaired) electrons. The van der Waals surface area contributed by atoms with Crippen molar-refractivity contribution in [3.63, 3.8) is 0 Å². The third kappa shape index (κ3) is 3.40. The van der Waals surface area contributed by atoms with Crippen LogP contribution in [0.1, 0.15) is 39.5 Å². The van der Waals surface area contributed by atoms with E-state index in [2.05, 4.69) is 23.9 Å². The van der Waals surface area contributed by atoms with Gasteiger partial charge in [0.2, 0.25) is 0 Å². The van der Waals surface area contributed by atoms with Crippen LogP contribution in [0.5, 0.6) is 0 Å². The zero-order chi connectivity index (χ0) is 11.3. The van der Waals surface area contributed by atoms with Gasteiger partial charge in [-0.15, -0.1) is 0 Å². The highest BCUT2D eigenvalue weighted by Gasteiger charge is 2.27. The van der Waals surface area contributed by atoms with E-state index in [1.54, 1.807) is 0 Å². The molecule has 0 aromatic carbocycles. The largest absolute Gasteiger partial charge is 0.396 e. The lowest BCUT2D eigenvalue weighted by Gasteiger charge is -2.33. The molecule has 15 heavy (non-hydrogen) atoms. The molecule has 1 saturated carbocycles. The molecule has 1 N–H and O–H groups in total. The third-order valence-corrected chi connectivity index (χ3v) is 3.69. The van der Waals surface area contributed by atoms with E-state index in [0.717, 1.165) is 24.7 Å². The summed E-state index contributed by atoms with van der Waals surface area (Å²) < 4.78 is 0. The van der Waals surface area contributed by atoms with Crippen molar-refractivity contribution in [2.75, 3.05) is 6.61 Å². The van der Waals surface area contributed by atoms with E-state index in [9.17, 15) is 0 Å². The Bertz CT molecular complexity index is 228. The molecule has 4 nitrogen and oxygen atoms in total. The van der Waals surface area contributed by atoms with Gasteiger partial charge in [0, 0.05) is 4.91 Å². The van der Waals surface area contributed by atoms with Gasteiger partial charge in [0.15, 0.2) is 0 Å². The number of hydrogen-bond donors (Lipinski definition) is 1. The monoisotopic (exact) mass is 211 g/mol. The second-order valence-corrected chi connectivity index (χ2v) is 4.87. The minimum Gasteiger partial charge on any atom is -0.396 e. The van der Waals surface area contributed by atoms with Crippen molar-refractivity contribution in [1.29, 1.82) is 0 Å². The molecular weight excluding hydrogens is 190 g/mol. The van der Waals surface area contributed by atoms with Gasteiger partial charge in [-0.3, -0.25) is 0 Å². The minimum atomic E-state index is -0.205. The molecule has 4 heteroatoms. The normalized spacial score (nSPS) is 28.5. The van der Waals surface area contributed by atoms with Crippen molar-refractivity contribution in [3.8, 4) is 0 Å². The number of hydrogen-bond acceptors (Lipinski definition) is 2. The van der Waals surface area contributed by atoms with Gasteiger partial charge >= 0.3 is 0 Å². The first kappa shape index (κ1) is 12.3. The van der Waals surface area contributed by atoms with Crippen LogP contribution in [0.2, 0.25) is 0 Å². The predicted octanol–water partition coefficient (Wildman–Crippen LogP) is 3.12. The number of azide groups is 1. The predicted molar refractivity (Wildman–Crippen MR) is 60.3 cm³/mol. The van der Waals surface area contributed by atoms with Crippen LogP contribution >= 0.6 is 0 Å². The van der Waals surface area contributed by atoms with Gasteiger partial charge in [-0.05, 0) is 49.0 Å². The van der Waals surface area contributed by atoms with Gasteiger partial charge in [0.25, 0.3) is 0 Å². The third-order valence-electron chi connectivity index (χ3n) is 3.69. The minimum absolute atomic E-state index is 0.0128. The molecule has 1 rings (SSSR count). The summed E-state index contributed by atoms with van der Waals surface area (Å²) >= 11 is 0. The van der Waals surface area contributed by atoms with Crippen molar-refractivity contribution in [2.24, 2.45) is 22.9 Å².